The second-order valence-corrected chi connectivity index (χ2v) is 11.8. The van der Waals surface area contributed by atoms with Crippen molar-refractivity contribution in [3.05, 3.63) is 58.9 Å². The van der Waals surface area contributed by atoms with Gasteiger partial charge in [-0.25, -0.2) is 13.4 Å². The number of benzene rings is 1. The van der Waals surface area contributed by atoms with E-state index in [-0.39, 0.29) is 5.75 Å². The van der Waals surface area contributed by atoms with Crippen LogP contribution in [0.4, 0.5) is 0 Å². The quantitative estimate of drug-likeness (QED) is 0.539. The first-order valence-electron chi connectivity index (χ1n) is 12.2. The third-order valence-electron chi connectivity index (χ3n) is 6.77. The Morgan fingerprint density at radius 2 is 1.74 bits per heavy atom. The van der Waals surface area contributed by atoms with E-state index in [1.807, 2.05) is 31.3 Å². The molecule has 35 heavy (non-hydrogen) atoms. The van der Waals surface area contributed by atoms with Crippen molar-refractivity contribution in [1.82, 2.24) is 15.0 Å². The number of aromatic nitrogens is 3. The maximum Gasteiger partial charge on any atom is 0.157 e. The summed E-state index contributed by atoms with van der Waals surface area (Å²) in [5, 5.41) is 1.39. The molecule has 0 aliphatic heterocycles. The number of pyridine rings is 1. The minimum atomic E-state index is -3.10. The number of carbonyl (C=O) groups is 1. The summed E-state index contributed by atoms with van der Waals surface area (Å²) in [6, 6.07) is 12.7. The van der Waals surface area contributed by atoms with Gasteiger partial charge in [-0.2, -0.15) is 0 Å². The highest BCUT2D eigenvalue weighted by atomic mass is 32.2. The smallest absolute Gasteiger partial charge is 0.157 e. The number of rotatable bonds is 7. The number of nitrogens with one attached hydrogen (secondary N) is 1. The Morgan fingerprint density at radius 3 is 2.31 bits per heavy atom. The summed E-state index contributed by atoms with van der Waals surface area (Å²) >= 11 is 0. The maximum atomic E-state index is 11.5. The van der Waals surface area contributed by atoms with Crippen LogP contribution in [-0.4, -0.2) is 41.2 Å². The van der Waals surface area contributed by atoms with Crippen LogP contribution in [0.25, 0.3) is 34.8 Å². The summed E-state index contributed by atoms with van der Waals surface area (Å²) in [6.45, 7) is 3.57. The van der Waals surface area contributed by atoms with Crippen molar-refractivity contribution >= 4 is 27.8 Å². The molecule has 0 amide bonds. The molecule has 7 heteroatoms. The van der Waals surface area contributed by atoms with Gasteiger partial charge < -0.3 is 9.78 Å². The Hall–Kier alpha value is -3.06. The topological polar surface area (TPSA) is 92.8 Å². The fraction of sp³-hybridized carbons (Fsp3) is 0.393. The lowest BCUT2D eigenvalue weighted by molar-refractivity contribution is -0.118. The monoisotopic (exact) mass is 491 g/mol. The van der Waals surface area contributed by atoms with E-state index in [0.29, 0.717) is 39.8 Å². The van der Waals surface area contributed by atoms with Gasteiger partial charge in [0.15, 0.2) is 15.7 Å². The molecule has 1 aliphatic carbocycles. The molecule has 2 heterocycles. The summed E-state index contributed by atoms with van der Waals surface area (Å²) in [6.07, 6.45) is 11.8. The number of imidazole rings is 1. The van der Waals surface area contributed by atoms with E-state index < -0.39 is 9.84 Å². The third kappa shape index (κ3) is 6.54. The van der Waals surface area contributed by atoms with Crippen molar-refractivity contribution in [3.63, 3.8) is 0 Å². The number of hydrogen-bond donors (Lipinski definition) is 1. The van der Waals surface area contributed by atoms with Gasteiger partial charge >= 0.3 is 0 Å². The van der Waals surface area contributed by atoms with E-state index in [4.69, 9.17) is 0 Å². The van der Waals surface area contributed by atoms with Gasteiger partial charge in [0.25, 0.3) is 0 Å². The Balaban J connectivity index is 1.46. The van der Waals surface area contributed by atoms with Crippen LogP contribution >= 0.6 is 0 Å². The lowest BCUT2D eigenvalue weighted by Crippen LogP contribution is -2.25. The predicted molar refractivity (Wildman–Crippen MR) is 141 cm³/mol. The average molecular weight is 492 g/mol. The molecular weight excluding hydrogens is 458 g/mol. The molecule has 0 radical (unpaired) electrons. The van der Waals surface area contributed by atoms with E-state index >= 15 is 0 Å². The molecule has 0 bridgehead atoms. The Labute approximate surface area is 207 Å². The minimum absolute atomic E-state index is 0.0440. The molecule has 4 rings (SSSR count). The second kappa shape index (κ2) is 10.7. The molecule has 1 aliphatic rings. The standard InChI is InChI=1S/C28H33N3O3S/c1-4-25-26(15-16-35(3,33)34)31-28(30-25)27-14-13-24(18-29-27)23-11-9-22(10-12-23)21-7-5-20(6-8-21)17-19(2)32/h4,9-15,18,20-21H,5-8,16-17H2,1-3H3,(H,30,31)/b25-4+,26-15+. The van der Waals surface area contributed by atoms with Crippen LogP contribution in [0.5, 0.6) is 0 Å². The molecule has 0 atom stereocenters. The second-order valence-electron chi connectivity index (χ2n) is 9.65. The lowest BCUT2D eigenvalue weighted by Gasteiger charge is -2.28. The molecule has 0 saturated heterocycles. The van der Waals surface area contributed by atoms with E-state index in [1.54, 1.807) is 13.0 Å². The van der Waals surface area contributed by atoms with Gasteiger partial charge in [0.2, 0.25) is 0 Å². The number of sulfone groups is 1. The zero-order valence-corrected chi connectivity index (χ0v) is 21.4. The van der Waals surface area contributed by atoms with Crippen molar-refractivity contribution in [2.75, 3.05) is 12.0 Å². The number of aromatic amines is 1. The maximum absolute atomic E-state index is 11.5. The number of nitrogens with zero attached hydrogens (tertiary/aromatic N) is 2. The summed E-state index contributed by atoms with van der Waals surface area (Å²) < 4.78 is 23.0. The van der Waals surface area contributed by atoms with Crippen LogP contribution in [0.2, 0.25) is 0 Å². The zero-order valence-electron chi connectivity index (χ0n) is 20.6. The van der Waals surface area contributed by atoms with Gasteiger partial charge in [-0.3, -0.25) is 4.98 Å². The first-order valence-corrected chi connectivity index (χ1v) is 14.2. The van der Waals surface area contributed by atoms with Crippen LogP contribution in [-0.2, 0) is 14.6 Å². The number of hydrogen-bond acceptors (Lipinski definition) is 5. The van der Waals surface area contributed by atoms with Crippen molar-refractivity contribution in [2.24, 2.45) is 5.92 Å². The van der Waals surface area contributed by atoms with Crippen LogP contribution < -0.4 is 10.7 Å². The number of Topliss-reactive ketones (excluding diaryl/α,β-unsaturated/α-hetero) is 1. The molecule has 1 N–H and O–H groups in total. The van der Waals surface area contributed by atoms with Crippen molar-refractivity contribution in [2.45, 2.75) is 51.9 Å². The first-order chi connectivity index (χ1) is 16.7. The highest BCUT2D eigenvalue weighted by Gasteiger charge is 2.23. The van der Waals surface area contributed by atoms with Crippen LogP contribution in [0, 0.1) is 5.92 Å². The summed E-state index contributed by atoms with van der Waals surface area (Å²) in [5.41, 5.74) is 4.22. The molecule has 1 aromatic carbocycles. The normalized spacial score (nSPS) is 19.7. The molecule has 0 unspecified atom stereocenters. The predicted octanol–water partition coefficient (Wildman–Crippen LogP) is 4.02. The van der Waals surface area contributed by atoms with Gasteiger partial charge in [0.1, 0.15) is 11.5 Å². The van der Waals surface area contributed by atoms with Crippen LogP contribution in [0.1, 0.15) is 57.4 Å². The first kappa shape index (κ1) is 25.0. The molecule has 1 fully saturated rings. The molecule has 1 saturated carbocycles. The number of carbonyl (C=O) groups excluding carboxylic acids is 1. The summed E-state index contributed by atoms with van der Waals surface area (Å²) in [7, 11) is -3.10. The molecule has 184 valence electrons. The molecule has 3 aromatic rings. The fourth-order valence-corrected chi connectivity index (χ4v) is 5.36. The van der Waals surface area contributed by atoms with Crippen LogP contribution in [0.3, 0.4) is 0 Å². The average Bonchev–Trinajstić information content (AvgIpc) is 3.26. The van der Waals surface area contributed by atoms with Gasteiger partial charge in [0.05, 0.1) is 16.5 Å². The highest BCUT2D eigenvalue weighted by Crippen LogP contribution is 2.37. The SMILES string of the molecule is C/C=c1/nc(-c2ccc(-c3ccc(C4CCC(CC(C)=O)CC4)cc3)cn2)[nH]/c1=C/CS(C)(=O)=O. The Morgan fingerprint density at radius 1 is 1.06 bits per heavy atom. The number of ketones is 1. The minimum Gasteiger partial charge on any atom is -0.337 e. The van der Waals surface area contributed by atoms with Gasteiger partial charge in [0, 0.05) is 24.4 Å². The third-order valence-corrected chi connectivity index (χ3v) is 7.54. The molecule has 6 nitrogen and oxygen atoms in total. The van der Waals surface area contributed by atoms with E-state index in [9.17, 15) is 13.2 Å². The Kier molecular flexibility index (Phi) is 7.65. The highest BCUT2D eigenvalue weighted by molar-refractivity contribution is 7.91. The number of H-pyrrole nitrogens is 1. The van der Waals surface area contributed by atoms with E-state index in [1.165, 1.54) is 11.8 Å². The zero-order chi connectivity index (χ0) is 25.0. The Bertz CT molecular complexity index is 1400. The van der Waals surface area contributed by atoms with Gasteiger partial charge in [-0.05, 0) is 74.6 Å². The van der Waals surface area contributed by atoms with E-state index in [0.717, 1.165) is 43.2 Å². The molecule has 0 spiro atoms. The van der Waals surface area contributed by atoms with Gasteiger partial charge in [-0.1, -0.05) is 36.4 Å². The van der Waals surface area contributed by atoms with Crippen molar-refractivity contribution in [3.8, 4) is 22.6 Å². The summed E-state index contributed by atoms with van der Waals surface area (Å²) in [4.78, 5) is 23.8. The lowest BCUT2D eigenvalue weighted by atomic mass is 9.77. The fourth-order valence-electron chi connectivity index (χ4n) is 4.89. The van der Waals surface area contributed by atoms with Gasteiger partial charge in [-0.15, -0.1) is 0 Å². The molecule has 2 aromatic heterocycles. The summed E-state index contributed by atoms with van der Waals surface area (Å²) in [5.74, 6) is 2.00. The van der Waals surface area contributed by atoms with Crippen LogP contribution in [0.15, 0.2) is 42.6 Å². The van der Waals surface area contributed by atoms with Crippen molar-refractivity contribution < 1.29 is 13.2 Å². The largest absolute Gasteiger partial charge is 0.337 e. The van der Waals surface area contributed by atoms with E-state index in [2.05, 4.69) is 39.2 Å². The molecular formula is C28H33N3O3S. The van der Waals surface area contributed by atoms with Crippen molar-refractivity contribution in [1.29, 1.82) is 0 Å².